The van der Waals surface area contributed by atoms with Crippen LogP contribution < -0.4 is 14.4 Å². The molecule has 0 saturated carbocycles. The minimum Gasteiger partial charge on any atom is -0.454 e. The van der Waals surface area contributed by atoms with E-state index in [4.69, 9.17) is 9.47 Å². The van der Waals surface area contributed by atoms with Gasteiger partial charge in [0.2, 0.25) is 6.79 Å². The third-order valence-electron chi connectivity index (χ3n) is 5.56. The van der Waals surface area contributed by atoms with Gasteiger partial charge in [-0.15, -0.1) is 0 Å². The number of rotatable bonds is 3. The molecule has 3 heterocycles. The Morgan fingerprint density at radius 1 is 0.900 bits per heavy atom. The summed E-state index contributed by atoms with van der Waals surface area (Å²) in [7, 11) is 0. The van der Waals surface area contributed by atoms with Crippen molar-refractivity contribution < 1.29 is 14.3 Å². The van der Waals surface area contributed by atoms with Gasteiger partial charge < -0.3 is 9.47 Å². The molecule has 0 bridgehead atoms. The Morgan fingerprint density at radius 2 is 1.63 bits per heavy atom. The number of aromatic nitrogens is 2. The molecule has 1 unspecified atom stereocenters. The zero-order chi connectivity index (χ0) is 20.1. The molecule has 6 rings (SSSR count). The molecule has 1 amide bonds. The summed E-state index contributed by atoms with van der Waals surface area (Å²) in [5.74, 6) is 1.30. The first-order chi connectivity index (χ1) is 14.8. The number of amides is 1. The van der Waals surface area contributed by atoms with Crippen molar-refractivity contribution in [2.24, 2.45) is 0 Å². The summed E-state index contributed by atoms with van der Waals surface area (Å²) >= 11 is 0. The number of fused-ring (bicyclic) bond motifs is 2. The summed E-state index contributed by atoms with van der Waals surface area (Å²) in [6.45, 7) is 0.205. The van der Waals surface area contributed by atoms with Crippen LogP contribution in [0.5, 0.6) is 11.5 Å². The fourth-order valence-electron chi connectivity index (χ4n) is 4.22. The molecule has 1 atom stereocenters. The van der Waals surface area contributed by atoms with Crippen LogP contribution in [0, 0.1) is 0 Å². The molecule has 3 aromatic carbocycles. The lowest BCUT2D eigenvalue weighted by atomic mass is 9.95. The summed E-state index contributed by atoms with van der Waals surface area (Å²) in [5, 5.41) is 7.50. The molecular weight excluding hydrogens is 378 g/mol. The van der Waals surface area contributed by atoms with E-state index in [-0.39, 0.29) is 18.7 Å². The Bertz CT molecular complexity index is 1250. The van der Waals surface area contributed by atoms with E-state index in [1.165, 1.54) is 0 Å². The first kappa shape index (κ1) is 16.9. The molecular formula is C24H17N3O3. The van der Waals surface area contributed by atoms with Crippen LogP contribution in [-0.2, 0) is 0 Å². The molecule has 30 heavy (non-hydrogen) atoms. The van der Waals surface area contributed by atoms with E-state index in [2.05, 4.69) is 10.2 Å². The second-order valence-corrected chi connectivity index (χ2v) is 7.25. The fourth-order valence-corrected chi connectivity index (χ4v) is 4.22. The van der Waals surface area contributed by atoms with Gasteiger partial charge in [-0.3, -0.25) is 14.8 Å². The van der Waals surface area contributed by atoms with Crippen LogP contribution in [0.1, 0.15) is 27.7 Å². The number of carbonyl (C=O) groups excluding carboxylic acids is 1. The van der Waals surface area contributed by atoms with Crippen molar-refractivity contribution in [3.8, 4) is 22.8 Å². The number of hydrogen-bond acceptors (Lipinski definition) is 4. The second kappa shape index (κ2) is 6.49. The van der Waals surface area contributed by atoms with Crippen molar-refractivity contribution >= 4 is 11.6 Å². The lowest BCUT2D eigenvalue weighted by molar-refractivity contribution is 0.0988. The first-order valence-corrected chi connectivity index (χ1v) is 9.73. The third-order valence-corrected chi connectivity index (χ3v) is 5.56. The molecule has 146 valence electrons. The van der Waals surface area contributed by atoms with E-state index in [1.807, 2.05) is 83.8 Å². The lowest BCUT2D eigenvalue weighted by Gasteiger charge is -2.26. The standard InChI is InChI=1S/C24H17N3O3/c28-24-22-20(21(25-26-22)15-7-3-1-4-8-15)23(27(24)17-9-5-2-6-10-17)16-11-12-18-19(13-16)30-14-29-18/h1-13,23H,14H2,(H,25,26). The number of aromatic amines is 1. The molecule has 6 heteroatoms. The van der Waals surface area contributed by atoms with Crippen LogP contribution in [0.4, 0.5) is 5.69 Å². The predicted molar refractivity (Wildman–Crippen MR) is 112 cm³/mol. The molecule has 0 spiro atoms. The highest BCUT2D eigenvalue weighted by Gasteiger charge is 2.43. The van der Waals surface area contributed by atoms with Crippen molar-refractivity contribution in [2.75, 3.05) is 11.7 Å². The predicted octanol–water partition coefficient (Wildman–Crippen LogP) is 4.56. The number of nitrogens with one attached hydrogen (secondary N) is 1. The average Bonchev–Trinajstić information content (AvgIpc) is 3.50. The fraction of sp³-hybridized carbons (Fsp3) is 0.0833. The van der Waals surface area contributed by atoms with Gasteiger partial charge in [-0.1, -0.05) is 54.6 Å². The number of hydrogen-bond donors (Lipinski definition) is 1. The van der Waals surface area contributed by atoms with E-state index in [0.29, 0.717) is 17.2 Å². The largest absolute Gasteiger partial charge is 0.454 e. The molecule has 2 aliphatic heterocycles. The lowest BCUT2D eigenvalue weighted by Crippen LogP contribution is -2.29. The van der Waals surface area contributed by atoms with Gasteiger partial charge in [0.1, 0.15) is 5.69 Å². The first-order valence-electron chi connectivity index (χ1n) is 9.73. The summed E-state index contributed by atoms with van der Waals surface area (Å²) in [6.07, 6.45) is 0. The maximum atomic E-state index is 13.5. The van der Waals surface area contributed by atoms with E-state index in [9.17, 15) is 4.79 Å². The van der Waals surface area contributed by atoms with Crippen LogP contribution >= 0.6 is 0 Å². The van der Waals surface area contributed by atoms with Gasteiger partial charge in [0, 0.05) is 16.8 Å². The van der Waals surface area contributed by atoms with Gasteiger partial charge in [-0.2, -0.15) is 5.10 Å². The van der Waals surface area contributed by atoms with E-state index >= 15 is 0 Å². The highest BCUT2D eigenvalue weighted by Crippen LogP contribution is 2.46. The maximum Gasteiger partial charge on any atom is 0.277 e. The van der Waals surface area contributed by atoms with Crippen LogP contribution in [-0.4, -0.2) is 22.9 Å². The van der Waals surface area contributed by atoms with E-state index in [1.54, 1.807) is 0 Å². The second-order valence-electron chi connectivity index (χ2n) is 7.25. The molecule has 6 nitrogen and oxygen atoms in total. The topological polar surface area (TPSA) is 67.5 Å². The highest BCUT2D eigenvalue weighted by atomic mass is 16.7. The highest BCUT2D eigenvalue weighted by molar-refractivity contribution is 6.11. The smallest absolute Gasteiger partial charge is 0.277 e. The molecule has 0 aliphatic carbocycles. The number of para-hydroxylation sites is 1. The van der Waals surface area contributed by atoms with Crippen molar-refractivity contribution in [2.45, 2.75) is 6.04 Å². The van der Waals surface area contributed by atoms with Crippen molar-refractivity contribution in [1.29, 1.82) is 0 Å². The van der Waals surface area contributed by atoms with Gasteiger partial charge in [0.25, 0.3) is 5.91 Å². The molecule has 0 saturated heterocycles. The Kier molecular flexibility index (Phi) is 3.64. The van der Waals surface area contributed by atoms with Crippen LogP contribution in [0.15, 0.2) is 78.9 Å². The van der Waals surface area contributed by atoms with Crippen molar-refractivity contribution in [1.82, 2.24) is 10.2 Å². The van der Waals surface area contributed by atoms with Gasteiger partial charge in [-0.25, -0.2) is 0 Å². The van der Waals surface area contributed by atoms with Crippen LogP contribution in [0.2, 0.25) is 0 Å². The van der Waals surface area contributed by atoms with Crippen LogP contribution in [0.25, 0.3) is 11.3 Å². The third kappa shape index (κ3) is 2.43. The summed E-state index contributed by atoms with van der Waals surface area (Å²) in [6, 6.07) is 25.1. The molecule has 0 fully saturated rings. The Hall–Kier alpha value is -4.06. The van der Waals surface area contributed by atoms with E-state index < -0.39 is 0 Å². The van der Waals surface area contributed by atoms with Gasteiger partial charge in [0.15, 0.2) is 11.5 Å². The maximum absolute atomic E-state index is 13.5. The van der Waals surface area contributed by atoms with Gasteiger partial charge in [-0.05, 0) is 29.8 Å². The minimum absolute atomic E-state index is 0.103. The van der Waals surface area contributed by atoms with E-state index in [0.717, 1.165) is 28.1 Å². The Morgan fingerprint density at radius 3 is 2.43 bits per heavy atom. The molecule has 1 N–H and O–H groups in total. The molecule has 4 aromatic rings. The minimum atomic E-state index is -0.335. The summed E-state index contributed by atoms with van der Waals surface area (Å²) in [4.78, 5) is 15.3. The number of nitrogens with zero attached hydrogens (tertiary/aromatic N) is 2. The number of H-pyrrole nitrogens is 1. The number of benzene rings is 3. The Labute approximate surface area is 172 Å². The zero-order valence-corrected chi connectivity index (χ0v) is 15.9. The number of carbonyl (C=O) groups is 1. The Balaban J connectivity index is 1.57. The quantitative estimate of drug-likeness (QED) is 0.552. The van der Waals surface area contributed by atoms with Crippen LogP contribution in [0.3, 0.4) is 0 Å². The molecule has 2 aliphatic rings. The summed E-state index contributed by atoms with van der Waals surface area (Å²) in [5.41, 5.74) is 4.89. The SMILES string of the molecule is O=C1c2[nH]nc(-c3ccccc3)c2C(c2ccc3c(c2)OCO3)N1c1ccccc1. The van der Waals surface area contributed by atoms with Crippen molar-refractivity contribution in [3.63, 3.8) is 0 Å². The van der Waals surface area contributed by atoms with Gasteiger partial charge in [0.05, 0.1) is 11.7 Å². The summed E-state index contributed by atoms with van der Waals surface area (Å²) < 4.78 is 11.1. The number of ether oxygens (including phenoxy) is 2. The van der Waals surface area contributed by atoms with Crippen molar-refractivity contribution in [3.05, 3.63) is 95.7 Å². The monoisotopic (exact) mass is 395 g/mol. The number of anilines is 1. The zero-order valence-electron chi connectivity index (χ0n) is 15.9. The normalized spacial score (nSPS) is 16.7. The van der Waals surface area contributed by atoms with Gasteiger partial charge >= 0.3 is 0 Å². The molecule has 0 radical (unpaired) electrons. The average molecular weight is 395 g/mol. The molecule has 1 aromatic heterocycles.